The predicted molar refractivity (Wildman–Crippen MR) is 138 cm³/mol. The van der Waals surface area contributed by atoms with Crippen LogP contribution in [0.1, 0.15) is 39.2 Å². The van der Waals surface area contributed by atoms with Crippen LogP contribution in [0, 0.1) is 0 Å². The summed E-state index contributed by atoms with van der Waals surface area (Å²) in [7, 11) is 0. The second-order valence-corrected chi connectivity index (χ2v) is 9.11. The fourth-order valence-electron chi connectivity index (χ4n) is 3.74. The van der Waals surface area contributed by atoms with E-state index in [9.17, 15) is 9.59 Å². The van der Waals surface area contributed by atoms with Gasteiger partial charge in [0.05, 0.1) is 0 Å². The number of halogens is 2. The summed E-state index contributed by atoms with van der Waals surface area (Å²) in [5, 5.41) is 5.89. The lowest BCUT2D eigenvalue weighted by Gasteiger charge is -2.31. The molecule has 0 spiro atoms. The number of ether oxygens (including phenoxy) is 1. The monoisotopic (exact) mass is 500 g/mol. The number of hydrogen-bond donors (Lipinski definition) is 1. The second-order valence-electron chi connectivity index (χ2n) is 8.27. The lowest BCUT2D eigenvalue weighted by molar-refractivity contribution is -0.143. The van der Waals surface area contributed by atoms with Crippen molar-refractivity contribution in [2.24, 2.45) is 0 Å². The van der Waals surface area contributed by atoms with Crippen molar-refractivity contribution in [1.29, 1.82) is 0 Å². The first-order valence-corrected chi connectivity index (χ1v) is 12.2. The number of nitrogens with one attached hydrogen (secondary N) is 1. The van der Waals surface area contributed by atoms with Crippen LogP contribution in [-0.4, -0.2) is 35.4 Å². The Bertz CT molecular complexity index is 1150. The first kappa shape index (κ1) is 25.9. The molecular formula is C27H30Cl2N2O3. The SMILES string of the molecule is CC[C@H](C)NC(=O)[C@H](CC)N(Cc1ccc(Cl)cc1Cl)C(=O)COc1cccc2ccccc12. The first-order valence-electron chi connectivity index (χ1n) is 11.5. The van der Waals surface area contributed by atoms with Crippen LogP contribution in [0.4, 0.5) is 0 Å². The van der Waals surface area contributed by atoms with Crippen molar-refractivity contribution in [3.8, 4) is 5.75 Å². The Morgan fingerprint density at radius 3 is 2.44 bits per heavy atom. The minimum Gasteiger partial charge on any atom is -0.483 e. The molecule has 0 fully saturated rings. The highest BCUT2D eigenvalue weighted by atomic mass is 35.5. The number of hydrogen-bond acceptors (Lipinski definition) is 3. The van der Waals surface area contributed by atoms with Gasteiger partial charge in [-0.25, -0.2) is 0 Å². The molecule has 0 aliphatic heterocycles. The summed E-state index contributed by atoms with van der Waals surface area (Å²) in [4.78, 5) is 28.1. The largest absolute Gasteiger partial charge is 0.483 e. The Balaban J connectivity index is 1.86. The highest BCUT2D eigenvalue weighted by Gasteiger charge is 2.30. The number of fused-ring (bicyclic) bond motifs is 1. The number of rotatable bonds is 10. The molecule has 0 saturated heterocycles. The molecule has 0 radical (unpaired) electrons. The average Bonchev–Trinajstić information content (AvgIpc) is 2.83. The summed E-state index contributed by atoms with van der Waals surface area (Å²) in [5.74, 6) is 0.124. The van der Waals surface area contributed by atoms with Crippen LogP contribution in [0.5, 0.6) is 5.75 Å². The summed E-state index contributed by atoms with van der Waals surface area (Å²) in [6, 6.07) is 18.0. The van der Waals surface area contributed by atoms with Crippen LogP contribution < -0.4 is 10.1 Å². The van der Waals surface area contributed by atoms with Gasteiger partial charge in [-0.05, 0) is 48.9 Å². The van der Waals surface area contributed by atoms with Gasteiger partial charge in [0.2, 0.25) is 5.91 Å². The van der Waals surface area contributed by atoms with E-state index in [1.54, 1.807) is 18.2 Å². The standard InChI is InChI=1S/C27H30Cl2N2O3/c1-4-18(3)30-27(33)24(5-2)31(16-20-13-14-21(28)15-23(20)29)26(32)17-34-25-12-8-10-19-9-6-7-11-22(19)25/h6-15,18,24H,4-5,16-17H2,1-3H3,(H,30,33)/t18-,24-/m0/s1. The third-order valence-electron chi connectivity index (χ3n) is 5.84. The van der Waals surface area contributed by atoms with E-state index in [0.717, 1.165) is 17.2 Å². The van der Waals surface area contributed by atoms with Gasteiger partial charge in [-0.3, -0.25) is 9.59 Å². The van der Waals surface area contributed by atoms with E-state index in [1.807, 2.05) is 63.2 Å². The van der Waals surface area contributed by atoms with E-state index in [2.05, 4.69) is 5.32 Å². The second kappa shape index (κ2) is 12.1. The topological polar surface area (TPSA) is 58.6 Å². The lowest BCUT2D eigenvalue weighted by atomic mass is 10.1. The smallest absolute Gasteiger partial charge is 0.261 e. The van der Waals surface area contributed by atoms with Crippen LogP contribution >= 0.6 is 23.2 Å². The van der Waals surface area contributed by atoms with Gasteiger partial charge < -0.3 is 15.0 Å². The van der Waals surface area contributed by atoms with Crippen LogP contribution in [0.15, 0.2) is 60.7 Å². The number of carbonyl (C=O) groups is 2. The Kier molecular flexibility index (Phi) is 9.20. The Morgan fingerprint density at radius 1 is 1.00 bits per heavy atom. The fourth-order valence-corrected chi connectivity index (χ4v) is 4.21. The molecule has 7 heteroatoms. The molecule has 0 aliphatic carbocycles. The molecule has 0 aromatic heterocycles. The molecule has 0 aliphatic rings. The quantitative estimate of drug-likeness (QED) is 0.358. The highest BCUT2D eigenvalue weighted by molar-refractivity contribution is 6.35. The number of amides is 2. The Morgan fingerprint density at radius 2 is 1.74 bits per heavy atom. The van der Waals surface area contributed by atoms with Crippen molar-refractivity contribution in [2.75, 3.05) is 6.61 Å². The fraction of sp³-hybridized carbons (Fsp3) is 0.333. The van der Waals surface area contributed by atoms with E-state index in [0.29, 0.717) is 27.8 Å². The molecule has 1 N–H and O–H groups in total. The molecule has 5 nitrogen and oxygen atoms in total. The molecular weight excluding hydrogens is 471 g/mol. The predicted octanol–water partition coefficient (Wildman–Crippen LogP) is 6.25. The molecule has 2 atom stereocenters. The molecule has 0 saturated carbocycles. The zero-order valence-corrected chi connectivity index (χ0v) is 21.2. The van der Waals surface area contributed by atoms with Crippen molar-refractivity contribution in [2.45, 2.75) is 52.2 Å². The van der Waals surface area contributed by atoms with Crippen molar-refractivity contribution in [3.63, 3.8) is 0 Å². The van der Waals surface area contributed by atoms with E-state index in [-0.39, 0.29) is 31.0 Å². The van der Waals surface area contributed by atoms with Crippen molar-refractivity contribution in [3.05, 3.63) is 76.3 Å². The van der Waals surface area contributed by atoms with Gasteiger partial charge in [0, 0.05) is 28.0 Å². The molecule has 3 aromatic rings. The normalized spacial score (nSPS) is 12.7. The molecule has 180 valence electrons. The third kappa shape index (κ3) is 6.43. The van der Waals surface area contributed by atoms with Gasteiger partial charge >= 0.3 is 0 Å². The van der Waals surface area contributed by atoms with Crippen molar-refractivity contribution in [1.82, 2.24) is 10.2 Å². The molecule has 0 unspecified atom stereocenters. The van der Waals surface area contributed by atoms with Gasteiger partial charge in [-0.2, -0.15) is 0 Å². The average molecular weight is 501 g/mol. The van der Waals surface area contributed by atoms with Crippen LogP contribution in [-0.2, 0) is 16.1 Å². The Labute approximate surface area is 211 Å². The Hall–Kier alpha value is -2.76. The minimum absolute atomic E-state index is 0.00422. The maximum atomic E-state index is 13.4. The van der Waals surface area contributed by atoms with E-state index < -0.39 is 6.04 Å². The summed E-state index contributed by atoms with van der Waals surface area (Å²) in [6.07, 6.45) is 1.25. The molecule has 0 heterocycles. The van der Waals surface area contributed by atoms with Gasteiger partial charge in [-0.15, -0.1) is 0 Å². The van der Waals surface area contributed by atoms with E-state index in [4.69, 9.17) is 27.9 Å². The third-order valence-corrected chi connectivity index (χ3v) is 6.43. The molecule has 34 heavy (non-hydrogen) atoms. The zero-order valence-electron chi connectivity index (χ0n) is 19.7. The van der Waals surface area contributed by atoms with Gasteiger partial charge in [-0.1, -0.05) is 79.5 Å². The minimum atomic E-state index is -0.663. The zero-order chi connectivity index (χ0) is 24.7. The van der Waals surface area contributed by atoms with Crippen molar-refractivity contribution >= 4 is 45.8 Å². The van der Waals surface area contributed by atoms with Gasteiger partial charge in [0.15, 0.2) is 6.61 Å². The summed E-state index contributed by atoms with van der Waals surface area (Å²) in [6.45, 7) is 5.79. The van der Waals surface area contributed by atoms with Crippen molar-refractivity contribution < 1.29 is 14.3 Å². The number of carbonyl (C=O) groups excluding carboxylic acids is 2. The molecule has 3 rings (SSSR count). The van der Waals surface area contributed by atoms with Crippen LogP contribution in [0.2, 0.25) is 10.0 Å². The van der Waals surface area contributed by atoms with Gasteiger partial charge in [0.1, 0.15) is 11.8 Å². The van der Waals surface area contributed by atoms with Crippen LogP contribution in [0.3, 0.4) is 0 Å². The maximum absolute atomic E-state index is 13.4. The highest BCUT2D eigenvalue weighted by Crippen LogP contribution is 2.26. The first-order chi connectivity index (χ1) is 16.3. The summed E-state index contributed by atoms with van der Waals surface area (Å²) >= 11 is 12.4. The lowest BCUT2D eigenvalue weighted by Crippen LogP contribution is -2.51. The number of benzene rings is 3. The van der Waals surface area contributed by atoms with Crippen LogP contribution in [0.25, 0.3) is 10.8 Å². The van der Waals surface area contributed by atoms with E-state index >= 15 is 0 Å². The van der Waals surface area contributed by atoms with E-state index in [1.165, 1.54) is 4.90 Å². The molecule has 3 aromatic carbocycles. The summed E-state index contributed by atoms with van der Waals surface area (Å²) < 4.78 is 5.95. The molecule has 0 bridgehead atoms. The number of nitrogens with zero attached hydrogens (tertiary/aromatic N) is 1. The summed E-state index contributed by atoms with van der Waals surface area (Å²) in [5.41, 5.74) is 0.708. The maximum Gasteiger partial charge on any atom is 0.261 e. The molecule has 2 amide bonds. The van der Waals surface area contributed by atoms with Gasteiger partial charge in [0.25, 0.3) is 5.91 Å².